The van der Waals surface area contributed by atoms with E-state index in [0.717, 1.165) is 5.56 Å². The maximum Gasteiger partial charge on any atom is 0.102 e. The quantitative estimate of drug-likeness (QED) is 0.628. The normalized spacial score (nSPS) is 12.1. The molecule has 1 aromatic rings. The predicted octanol–water partition coefficient (Wildman–Crippen LogP) is 0.694. The predicted molar refractivity (Wildman–Crippen MR) is 46.4 cm³/mol. The summed E-state index contributed by atoms with van der Waals surface area (Å²) in [5.41, 5.74) is 1.44. The molecule has 0 unspecified atom stereocenters. The number of benzene rings is 1. The molecule has 12 heavy (non-hydrogen) atoms. The number of aliphatic hydroxyl groups is 2. The Morgan fingerprint density at radius 2 is 1.92 bits per heavy atom. The highest BCUT2D eigenvalue weighted by atomic mass is 16.3. The van der Waals surface area contributed by atoms with E-state index in [0.29, 0.717) is 5.56 Å². The minimum Gasteiger partial charge on any atom is -0.393 e. The van der Waals surface area contributed by atoms with Gasteiger partial charge in [0.1, 0.15) is 6.10 Å². The number of hydrogen-bond acceptors (Lipinski definition) is 2. The molecule has 0 aliphatic rings. The van der Waals surface area contributed by atoms with E-state index in [1.165, 1.54) is 0 Å². The largest absolute Gasteiger partial charge is 0.393 e. The topological polar surface area (TPSA) is 40.5 Å². The van der Waals surface area contributed by atoms with Crippen molar-refractivity contribution < 1.29 is 10.2 Å². The Bertz CT molecular complexity index is 282. The minimum atomic E-state index is -0.808. The van der Waals surface area contributed by atoms with Crippen LogP contribution in [-0.4, -0.2) is 16.8 Å². The van der Waals surface area contributed by atoms with Gasteiger partial charge in [0.15, 0.2) is 0 Å². The summed E-state index contributed by atoms with van der Waals surface area (Å²) in [7, 11) is 0. The lowest BCUT2D eigenvalue weighted by molar-refractivity contribution is 0.0956. The summed E-state index contributed by atoms with van der Waals surface area (Å²) in [5.74, 6) is 2.47. The third-order valence-corrected chi connectivity index (χ3v) is 1.64. The fraction of sp³-hybridized carbons (Fsp3) is 0.200. The molecule has 0 bridgehead atoms. The summed E-state index contributed by atoms with van der Waals surface area (Å²) in [6, 6.07) is 6.87. The van der Waals surface area contributed by atoms with Crippen LogP contribution in [0.3, 0.4) is 0 Å². The average molecular weight is 162 g/mol. The van der Waals surface area contributed by atoms with Crippen molar-refractivity contribution >= 4 is 0 Å². The molecule has 2 heteroatoms. The van der Waals surface area contributed by atoms with Gasteiger partial charge in [-0.3, -0.25) is 0 Å². The first-order valence-electron chi connectivity index (χ1n) is 3.63. The van der Waals surface area contributed by atoms with Gasteiger partial charge >= 0.3 is 0 Å². The standard InChI is InChI=1S/C10H10O2/c1-2-8-3-5-9(6-4-8)10(12)7-11/h1,3-6,10-12H,7H2/t10-/m1/s1. The Balaban J connectivity index is 2.86. The first kappa shape index (κ1) is 8.79. The number of hydrogen-bond donors (Lipinski definition) is 2. The summed E-state index contributed by atoms with van der Waals surface area (Å²) in [6.07, 6.45) is 4.34. The maximum absolute atomic E-state index is 9.19. The summed E-state index contributed by atoms with van der Waals surface area (Å²) < 4.78 is 0. The molecule has 0 aliphatic carbocycles. The molecule has 0 saturated carbocycles. The zero-order valence-electron chi connectivity index (χ0n) is 6.57. The molecule has 2 nitrogen and oxygen atoms in total. The van der Waals surface area contributed by atoms with Gasteiger partial charge in [-0.2, -0.15) is 0 Å². The summed E-state index contributed by atoms with van der Waals surface area (Å²) in [6.45, 7) is -0.268. The fourth-order valence-corrected chi connectivity index (χ4v) is 0.907. The van der Waals surface area contributed by atoms with E-state index in [1.807, 2.05) is 0 Å². The third-order valence-electron chi connectivity index (χ3n) is 1.64. The van der Waals surface area contributed by atoms with Crippen LogP contribution in [0.25, 0.3) is 0 Å². The number of aliphatic hydroxyl groups excluding tert-OH is 2. The monoisotopic (exact) mass is 162 g/mol. The third kappa shape index (κ3) is 1.85. The first-order chi connectivity index (χ1) is 5.77. The molecular formula is C10H10O2. The van der Waals surface area contributed by atoms with E-state index in [1.54, 1.807) is 24.3 Å². The van der Waals surface area contributed by atoms with E-state index in [-0.39, 0.29) is 6.61 Å². The van der Waals surface area contributed by atoms with Crippen molar-refractivity contribution in [1.82, 2.24) is 0 Å². The van der Waals surface area contributed by atoms with E-state index >= 15 is 0 Å². The Hall–Kier alpha value is -1.30. The second-order valence-electron chi connectivity index (χ2n) is 2.46. The summed E-state index contributed by atoms with van der Waals surface area (Å²) >= 11 is 0. The second-order valence-corrected chi connectivity index (χ2v) is 2.46. The number of rotatable bonds is 2. The molecule has 1 rings (SSSR count). The van der Waals surface area contributed by atoms with Crippen LogP contribution in [0.15, 0.2) is 24.3 Å². The van der Waals surface area contributed by atoms with Crippen molar-refractivity contribution in [3.63, 3.8) is 0 Å². The maximum atomic E-state index is 9.19. The molecule has 1 aromatic carbocycles. The lowest BCUT2D eigenvalue weighted by Gasteiger charge is -2.06. The molecule has 0 spiro atoms. The molecule has 2 N–H and O–H groups in total. The highest BCUT2D eigenvalue weighted by Crippen LogP contribution is 2.12. The van der Waals surface area contributed by atoms with Crippen molar-refractivity contribution in [3.05, 3.63) is 35.4 Å². The van der Waals surface area contributed by atoms with Crippen molar-refractivity contribution in [2.75, 3.05) is 6.61 Å². The van der Waals surface area contributed by atoms with E-state index in [2.05, 4.69) is 5.92 Å². The molecule has 0 saturated heterocycles. The molecule has 0 fully saturated rings. The molecule has 1 atom stereocenters. The highest BCUT2D eigenvalue weighted by molar-refractivity contribution is 5.34. The summed E-state index contributed by atoms with van der Waals surface area (Å²) in [5, 5.41) is 17.8. The van der Waals surface area contributed by atoms with Gasteiger partial charge in [-0.25, -0.2) is 0 Å². The van der Waals surface area contributed by atoms with E-state index in [4.69, 9.17) is 11.5 Å². The zero-order chi connectivity index (χ0) is 8.97. The van der Waals surface area contributed by atoms with Crippen LogP contribution in [0.4, 0.5) is 0 Å². The van der Waals surface area contributed by atoms with Crippen LogP contribution in [0, 0.1) is 12.3 Å². The van der Waals surface area contributed by atoms with Gasteiger partial charge < -0.3 is 10.2 Å². The van der Waals surface area contributed by atoms with Gasteiger partial charge in [0.2, 0.25) is 0 Å². The van der Waals surface area contributed by atoms with Gasteiger partial charge in [0, 0.05) is 5.56 Å². The van der Waals surface area contributed by atoms with Gasteiger partial charge in [-0.1, -0.05) is 18.1 Å². The first-order valence-corrected chi connectivity index (χ1v) is 3.63. The molecular weight excluding hydrogens is 152 g/mol. The van der Waals surface area contributed by atoms with Gasteiger partial charge in [0.05, 0.1) is 6.61 Å². The molecule has 0 aliphatic heterocycles. The van der Waals surface area contributed by atoms with E-state index < -0.39 is 6.10 Å². The van der Waals surface area contributed by atoms with Gasteiger partial charge in [-0.15, -0.1) is 6.42 Å². The lowest BCUT2D eigenvalue weighted by Crippen LogP contribution is -2.01. The minimum absolute atomic E-state index is 0.268. The molecule has 0 amide bonds. The van der Waals surface area contributed by atoms with Crippen molar-refractivity contribution in [2.45, 2.75) is 6.10 Å². The second kappa shape index (κ2) is 3.91. The Morgan fingerprint density at radius 3 is 2.33 bits per heavy atom. The Labute approximate surface area is 71.5 Å². The zero-order valence-corrected chi connectivity index (χ0v) is 6.57. The highest BCUT2D eigenvalue weighted by Gasteiger charge is 2.03. The van der Waals surface area contributed by atoms with Crippen LogP contribution in [0.1, 0.15) is 17.2 Å². The van der Waals surface area contributed by atoms with Gasteiger partial charge in [-0.05, 0) is 17.7 Å². The van der Waals surface area contributed by atoms with Crippen LogP contribution in [0.5, 0.6) is 0 Å². The Morgan fingerprint density at radius 1 is 1.33 bits per heavy atom. The fourth-order valence-electron chi connectivity index (χ4n) is 0.907. The lowest BCUT2D eigenvalue weighted by atomic mass is 10.1. The van der Waals surface area contributed by atoms with Crippen molar-refractivity contribution in [2.24, 2.45) is 0 Å². The van der Waals surface area contributed by atoms with Crippen LogP contribution >= 0.6 is 0 Å². The van der Waals surface area contributed by atoms with Crippen LogP contribution in [-0.2, 0) is 0 Å². The molecule has 0 radical (unpaired) electrons. The summed E-state index contributed by atoms with van der Waals surface area (Å²) in [4.78, 5) is 0. The average Bonchev–Trinajstić information content (AvgIpc) is 2.17. The number of terminal acetylenes is 1. The van der Waals surface area contributed by atoms with Crippen molar-refractivity contribution in [3.8, 4) is 12.3 Å². The van der Waals surface area contributed by atoms with Crippen LogP contribution < -0.4 is 0 Å². The molecule has 62 valence electrons. The molecule has 0 heterocycles. The van der Waals surface area contributed by atoms with E-state index in [9.17, 15) is 5.11 Å². The van der Waals surface area contributed by atoms with Crippen molar-refractivity contribution in [1.29, 1.82) is 0 Å². The SMILES string of the molecule is C#Cc1ccc([C@H](O)CO)cc1. The Kier molecular flexibility index (Phi) is 2.87. The molecule has 0 aromatic heterocycles. The van der Waals surface area contributed by atoms with Crippen LogP contribution in [0.2, 0.25) is 0 Å². The van der Waals surface area contributed by atoms with Gasteiger partial charge in [0.25, 0.3) is 0 Å². The smallest absolute Gasteiger partial charge is 0.102 e.